The number of aryl methyl sites for hydroxylation is 1. The Morgan fingerprint density at radius 2 is 1.82 bits per heavy atom. The largest absolute Gasteiger partial charge is 0.416 e. The number of alkyl halides is 3. The fourth-order valence-electron chi connectivity index (χ4n) is 2.01. The fourth-order valence-corrected chi connectivity index (χ4v) is 2.01. The molecule has 22 heavy (non-hydrogen) atoms. The Bertz CT molecular complexity index is 668. The van der Waals surface area contributed by atoms with E-state index in [9.17, 15) is 18.0 Å². The molecule has 0 saturated carbocycles. The molecule has 1 amide bonds. The summed E-state index contributed by atoms with van der Waals surface area (Å²) in [5.74, 6) is -0.359. The minimum atomic E-state index is -4.43. The third-order valence-electron chi connectivity index (χ3n) is 3.15. The summed E-state index contributed by atoms with van der Waals surface area (Å²) in [6.45, 7) is 0. The first-order valence-electron chi connectivity index (χ1n) is 6.67. The second-order valence-corrected chi connectivity index (χ2v) is 4.83. The Hall–Kier alpha value is -2.50. The van der Waals surface area contributed by atoms with E-state index in [1.54, 1.807) is 12.1 Å². The second-order valence-electron chi connectivity index (χ2n) is 4.83. The minimum absolute atomic E-state index is 0.126. The van der Waals surface area contributed by atoms with E-state index in [0.29, 0.717) is 12.1 Å². The number of rotatable bonds is 4. The highest BCUT2D eigenvalue weighted by Crippen LogP contribution is 2.30. The van der Waals surface area contributed by atoms with E-state index in [2.05, 4.69) is 5.32 Å². The molecule has 0 atom stereocenters. The quantitative estimate of drug-likeness (QED) is 0.843. The van der Waals surface area contributed by atoms with Crippen LogP contribution in [-0.4, -0.2) is 5.91 Å². The number of carbonyl (C=O) groups is 1. The molecule has 0 aliphatic heterocycles. The zero-order chi connectivity index (χ0) is 16.2. The Morgan fingerprint density at radius 3 is 2.50 bits per heavy atom. The number of benzene rings is 2. The summed E-state index contributed by atoms with van der Waals surface area (Å²) in [5.41, 5.74) is 6.53. The van der Waals surface area contributed by atoms with E-state index in [4.69, 9.17) is 5.73 Å². The van der Waals surface area contributed by atoms with Crippen molar-refractivity contribution in [1.82, 2.24) is 0 Å². The molecular weight excluding hydrogens is 293 g/mol. The van der Waals surface area contributed by atoms with Crippen LogP contribution < -0.4 is 11.1 Å². The van der Waals surface area contributed by atoms with Gasteiger partial charge in [0.25, 0.3) is 0 Å². The number of anilines is 2. The van der Waals surface area contributed by atoms with Gasteiger partial charge in [-0.15, -0.1) is 0 Å². The third-order valence-corrected chi connectivity index (χ3v) is 3.15. The molecular formula is C16H15F3N2O. The molecule has 116 valence electrons. The highest BCUT2D eigenvalue weighted by atomic mass is 19.4. The van der Waals surface area contributed by atoms with Gasteiger partial charge in [0.15, 0.2) is 0 Å². The van der Waals surface area contributed by atoms with E-state index in [-0.39, 0.29) is 18.0 Å². The van der Waals surface area contributed by atoms with E-state index < -0.39 is 11.7 Å². The van der Waals surface area contributed by atoms with Crippen molar-refractivity contribution in [2.45, 2.75) is 19.0 Å². The van der Waals surface area contributed by atoms with Crippen molar-refractivity contribution in [3.8, 4) is 0 Å². The van der Waals surface area contributed by atoms with Crippen LogP contribution in [0.2, 0.25) is 0 Å². The van der Waals surface area contributed by atoms with Crippen molar-refractivity contribution in [2.24, 2.45) is 0 Å². The van der Waals surface area contributed by atoms with Gasteiger partial charge >= 0.3 is 6.18 Å². The molecule has 0 aromatic heterocycles. The Labute approximate surface area is 125 Å². The van der Waals surface area contributed by atoms with Gasteiger partial charge in [0.05, 0.1) is 5.56 Å². The maximum Gasteiger partial charge on any atom is 0.416 e. The van der Waals surface area contributed by atoms with Crippen LogP contribution in [0, 0.1) is 0 Å². The summed E-state index contributed by atoms with van der Waals surface area (Å²) in [6, 6.07) is 11.7. The van der Waals surface area contributed by atoms with Crippen LogP contribution in [0.25, 0.3) is 0 Å². The molecule has 3 nitrogen and oxygen atoms in total. The summed E-state index contributed by atoms with van der Waals surface area (Å²) >= 11 is 0. The average molecular weight is 308 g/mol. The van der Waals surface area contributed by atoms with Crippen LogP contribution in [0.4, 0.5) is 24.5 Å². The topological polar surface area (TPSA) is 55.1 Å². The molecule has 6 heteroatoms. The Kier molecular flexibility index (Phi) is 4.70. The SMILES string of the molecule is Nc1ccccc1CCC(=O)Nc1cccc(C(F)(F)F)c1. The average Bonchev–Trinajstić information content (AvgIpc) is 2.46. The molecule has 0 bridgehead atoms. The lowest BCUT2D eigenvalue weighted by atomic mass is 10.1. The van der Waals surface area contributed by atoms with Gasteiger partial charge in [-0.25, -0.2) is 0 Å². The number of nitrogens with two attached hydrogens (primary N) is 1. The maximum absolute atomic E-state index is 12.6. The van der Waals surface area contributed by atoms with Gasteiger partial charge in [0, 0.05) is 17.8 Å². The monoisotopic (exact) mass is 308 g/mol. The van der Waals surface area contributed by atoms with Crippen LogP contribution in [0.3, 0.4) is 0 Å². The molecule has 0 aliphatic rings. The standard InChI is InChI=1S/C16H15F3N2O/c17-16(18,19)12-5-3-6-13(10-12)21-15(22)9-8-11-4-1-2-7-14(11)20/h1-7,10H,8-9,20H2,(H,21,22). The van der Waals surface area contributed by atoms with Crippen molar-refractivity contribution >= 4 is 17.3 Å². The molecule has 0 radical (unpaired) electrons. The van der Waals surface area contributed by atoms with Crippen LogP contribution >= 0.6 is 0 Å². The van der Waals surface area contributed by atoms with Gasteiger partial charge in [-0.3, -0.25) is 4.79 Å². The lowest BCUT2D eigenvalue weighted by molar-refractivity contribution is -0.137. The highest BCUT2D eigenvalue weighted by Gasteiger charge is 2.30. The minimum Gasteiger partial charge on any atom is -0.399 e. The van der Waals surface area contributed by atoms with Crippen LogP contribution in [0.5, 0.6) is 0 Å². The number of hydrogen-bond acceptors (Lipinski definition) is 2. The zero-order valence-electron chi connectivity index (χ0n) is 11.7. The number of halogens is 3. The number of para-hydroxylation sites is 1. The Morgan fingerprint density at radius 1 is 1.09 bits per heavy atom. The molecule has 0 aliphatic carbocycles. The predicted molar refractivity (Wildman–Crippen MR) is 79.2 cm³/mol. The van der Waals surface area contributed by atoms with E-state index in [1.165, 1.54) is 12.1 Å². The number of nitrogen functional groups attached to an aromatic ring is 1. The van der Waals surface area contributed by atoms with Crippen molar-refractivity contribution in [1.29, 1.82) is 0 Å². The molecule has 0 heterocycles. The third kappa shape index (κ3) is 4.25. The zero-order valence-corrected chi connectivity index (χ0v) is 11.7. The smallest absolute Gasteiger partial charge is 0.399 e. The predicted octanol–water partition coefficient (Wildman–Crippen LogP) is 3.86. The first-order valence-corrected chi connectivity index (χ1v) is 6.67. The number of amides is 1. The van der Waals surface area contributed by atoms with Gasteiger partial charge in [-0.05, 0) is 36.2 Å². The molecule has 2 aromatic carbocycles. The summed E-state index contributed by atoms with van der Waals surface area (Å²) in [5, 5.41) is 2.46. The molecule has 3 N–H and O–H groups in total. The molecule has 0 spiro atoms. The van der Waals surface area contributed by atoms with Gasteiger partial charge in [0.2, 0.25) is 5.91 Å². The van der Waals surface area contributed by atoms with Crippen LogP contribution in [0.1, 0.15) is 17.5 Å². The van der Waals surface area contributed by atoms with Crippen LogP contribution in [0.15, 0.2) is 48.5 Å². The first-order chi connectivity index (χ1) is 10.4. The summed E-state index contributed by atoms with van der Waals surface area (Å²) in [4.78, 5) is 11.8. The van der Waals surface area contributed by atoms with Crippen molar-refractivity contribution in [3.63, 3.8) is 0 Å². The lowest BCUT2D eigenvalue weighted by Gasteiger charge is -2.10. The number of nitrogens with one attached hydrogen (secondary N) is 1. The molecule has 2 rings (SSSR count). The van der Waals surface area contributed by atoms with E-state index in [0.717, 1.165) is 17.7 Å². The lowest BCUT2D eigenvalue weighted by Crippen LogP contribution is -2.13. The summed E-state index contributed by atoms with van der Waals surface area (Å²) in [6.07, 6.45) is -3.86. The number of carbonyl (C=O) groups excluding carboxylic acids is 1. The maximum atomic E-state index is 12.6. The van der Waals surface area contributed by atoms with Crippen molar-refractivity contribution in [2.75, 3.05) is 11.1 Å². The molecule has 0 saturated heterocycles. The molecule has 2 aromatic rings. The van der Waals surface area contributed by atoms with Gasteiger partial charge in [0.1, 0.15) is 0 Å². The summed E-state index contributed by atoms with van der Waals surface area (Å²) < 4.78 is 37.8. The van der Waals surface area contributed by atoms with Gasteiger partial charge in [-0.1, -0.05) is 24.3 Å². The van der Waals surface area contributed by atoms with Crippen molar-refractivity contribution < 1.29 is 18.0 Å². The highest BCUT2D eigenvalue weighted by molar-refractivity contribution is 5.91. The first kappa shape index (κ1) is 15.9. The van der Waals surface area contributed by atoms with E-state index in [1.807, 2.05) is 12.1 Å². The molecule has 0 fully saturated rings. The number of hydrogen-bond donors (Lipinski definition) is 2. The van der Waals surface area contributed by atoms with Gasteiger partial charge in [-0.2, -0.15) is 13.2 Å². The van der Waals surface area contributed by atoms with Gasteiger partial charge < -0.3 is 11.1 Å². The Balaban J connectivity index is 1.97. The molecule has 0 unspecified atom stereocenters. The summed E-state index contributed by atoms with van der Waals surface area (Å²) in [7, 11) is 0. The van der Waals surface area contributed by atoms with E-state index >= 15 is 0 Å². The fraction of sp³-hybridized carbons (Fsp3) is 0.188. The second kappa shape index (κ2) is 6.51. The van der Waals surface area contributed by atoms with Crippen LogP contribution in [-0.2, 0) is 17.4 Å². The normalized spacial score (nSPS) is 11.2. The van der Waals surface area contributed by atoms with Crippen molar-refractivity contribution in [3.05, 3.63) is 59.7 Å².